The van der Waals surface area contributed by atoms with Gasteiger partial charge in [-0.2, -0.15) is 5.10 Å². The Morgan fingerprint density at radius 2 is 1.87 bits per heavy atom. The number of aryl methyl sites for hydroxylation is 1. The maximum absolute atomic E-state index is 12.8. The number of anilines is 1. The highest BCUT2D eigenvalue weighted by atomic mass is 16.2. The van der Waals surface area contributed by atoms with Gasteiger partial charge in [0.25, 0.3) is 5.56 Å². The Labute approximate surface area is 174 Å². The molecular formula is C22H26N6O2. The maximum Gasteiger partial charge on any atom is 0.321 e. The number of likely N-dealkylation sites (tertiary alicyclic amines) is 1. The third-order valence-electron chi connectivity index (χ3n) is 6.26. The number of H-pyrrole nitrogens is 1. The normalized spacial score (nSPS) is 17.8. The number of carbonyl (C=O) groups excluding carboxylic acids is 1. The molecule has 8 nitrogen and oxygen atoms in total. The Morgan fingerprint density at radius 3 is 2.60 bits per heavy atom. The van der Waals surface area contributed by atoms with Crippen LogP contribution in [0.4, 0.5) is 10.5 Å². The molecule has 1 aromatic carbocycles. The molecule has 3 aromatic rings. The molecule has 5 rings (SSSR count). The Morgan fingerprint density at radius 1 is 1.13 bits per heavy atom. The molecule has 0 atom stereocenters. The Hall–Kier alpha value is -3.16. The van der Waals surface area contributed by atoms with E-state index < -0.39 is 0 Å². The van der Waals surface area contributed by atoms with Crippen LogP contribution in [-0.2, 0) is 0 Å². The second kappa shape index (κ2) is 7.59. The van der Waals surface area contributed by atoms with Crippen molar-refractivity contribution in [1.29, 1.82) is 0 Å². The molecule has 156 valence electrons. The molecule has 2 aromatic heterocycles. The standard InChI is InChI=1S/C22H26N6O2/c1-14-18-20(28(26-14)17-10-6-3-7-11-17)24-19(25-21(18)29)15-12-27(13-15)22(30)23-16-8-4-2-5-9-16/h2,4-5,8-9,15,17H,3,6-7,10-13H2,1H3,(H,23,30)(H,24,25,29). The molecule has 8 heteroatoms. The zero-order valence-corrected chi connectivity index (χ0v) is 17.1. The van der Waals surface area contributed by atoms with E-state index in [9.17, 15) is 9.59 Å². The fraction of sp³-hybridized carbons (Fsp3) is 0.455. The number of hydrogen-bond acceptors (Lipinski definition) is 4. The number of hydrogen-bond donors (Lipinski definition) is 2. The van der Waals surface area contributed by atoms with Crippen molar-refractivity contribution in [2.45, 2.75) is 51.0 Å². The summed E-state index contributed by atoms with van der Waals surface area (Å²) in [5.41, 5.74) is 2.05. The number of fused-ring (bicyclic) bond motifs is 1. The summed E-state index contributed by atoms with van der Waals surface area (Å²) in [4.78, 5) is 34.7. The van der Waals surface area contributed by atoms with Gasteiger partial charge in [0.05, 0.1) is 17.7 Å². The van der Waals surface area contributed by atoms with Crippen LogP contribution < -0.4 is 10.9 Å². The molecule has 0 bridgehead atoms. The monoisotopic (exact) mass is 406 g/mol. The average molecular weight is 406 g/mol. The summed E-state index contributed by atoms with van der Waals surface area (Å²) < 4.78 is 1.97. The van der Waals surface area contributed by atoms with Crippen molar-refractivity contribution in [1.82, 2.24) is 24.6 Å². The quantitative estimate of drug-likeness (QED) is 0.695. The van der Waals surface area contributed by atoms with E-state index >= 15 is 0 Å². The number of carbonyl (C=O) groups is 1. The number of aromatic amines is 1. The highest BCUT2D eigenvalue weighted by Crippen LogP contribution is 2.31. The number of para-hydroxylation sites is 1. The van der Waals surface area contributed by atoms with Gasteiger partial charge in [0, 0.05) is 18.8 Å². The molecule has 30 heavy (non-hydrogen) atoms. The summed E-state index contributed by atoms with van der Waals surface area (Å²) >= 11 is 0. The molecule has 2 amide bonds. The molecule has 0 spiro atoms. The van der Waals surface area contributed by atoms with Gasteiger partial charge in [-0.1, -0.05) is 37.5 Å². The van der Waals surface area contributed by atoms with E-state index in [0.29, 0.717) is 36.0 Å². The maximum atomic E-state index is 12.8. The SMILES string of the molecule is Cc1nn(C2CCCCC2)c2nc(C3CN(C(=O)Nc4ccccc4)C3)[nH]c(=O)c12. The summed E-state index contributed by atoms with van der Waals surface area (Å²) in [6.07, 6.45) is 5.80. The summed E-state index contributed by atoms with van der Waals surface area (Å²) in [6.45, 7) is 2.94. The van der Waals surface area contributed by atoms with Crippen LogP contribution in [-0.4, -0.2) is 43.8 Å². The molecule has 1 saturated carbocycles. The molecule has 0 unspecified atom stereocenters. The van der Waals surface area contributed by atoms with E-state index in [2.05, 4.69) is 15.4 Å². The van der Waals surface area contributed by atoms with Gasteiger partial charge in [-0.05, 0) is 31.9 Å². The third-order valence-corrected chi connectivity index (χ3v) is 6.26. The van der Waals surface area contributed by atoms with Gasteiger partial charge < -0.3 is 15.2 Å². The van der Waals surface area contributed by atoms with E-state index in [-0.39, 0.29) is 17.5 Å². The van der Waals surface area contributed by atoms with Crippen LogP contribution in [0.15, 0.2) is 35.1 Å². The van der Waals surface area contributed by atoms with Crippen LogP contribution in [0.3, 0.4) is 0 Å². The van der Waals surface area contributed by atoms with Crippen molar-refractivity contribution in [2.24, 2.45) is 0 Å². The highest BCUT2D eigenvalue weighted by Gasteiger charge is 2.34. The van der Waals surface area contributed by atoms with Crippen LogP contribution >= 0.6 is 0 Å². The highest BCUT2D eigenvalue weighted by molar-refractivity contribution is 5.90. The van der Waals surface area contributed by atoms with Crippen LogP contribution in [0.2, 0.25) is 0 Å². The first kappa shape index (κ1) is 18.8. The first-order valence-corrected chi connectivity index (χ1v) is 10.7. The predicted molar refractivity (Wildman–Crippen MR) is 115 cm³/mol. The topological polar surface area (TPSA) is 95.9 Å². The summed E-state index contributed by atoms with van der Waals surface area (Å²) in [6, 6.07) is 9.57. The zero-order chi connectivity index (χ0) is 20.7. The molecule has 2 N–H and O–H groups in total. The Bertz CT molecular complexity index is 1120. The lowest BCUT2D eigenvalue weighted by molar-refractivity contribution is 0.161. The summed E-state index contributed by atoms with van der Waals surface area (Å²) in [7, 11) is 0. The fourth-order valence-corrected chi connectivity index (χ4v) is 4.54. The number of benzene rings is 1. The number of amides is 2. The number of urea groups is 1. The van der Waals surface area contributed by atoms with Gasteiger partial charge in [0.15, 0.2) is 5.65 Å². The number of rotatable bonds is 3. The minimum atomic E-state index is -0.137. The predicted octanol–water partition coefficient (Wildman–Crippen LogP) is 3.56. The van der Waals surface area contributed by atoms with Gasteiger partial charge >= 0.3 is 6.03 Å². The largest absolute Gasteiger partial charge is 0.323 e. The second-order valence-electron chi connectivity index (χ2n) is 8.37. The van der Waals surface area contributed by atoms with Gasteiger partial charge in [-0.25, -0.2) is 14.5 Å². The van der Waals surface area contributed by atoms with Crippen molar-refractivity contribution in [3.05, 3.63) is 52.2 Å². The van der Waals surface area contributed by atoms with Crippen LogP contribution in [0.5, 0.6) is 0 Å². The minimum absolute atomic E-state index is 0.0265. The van der Waals surface area contributed by atoms with Crippen molar-refractivity contribution in [3.8, 4) is 0 Å². The Balaban J connectivity index is 1.35. The van der Waals surface area contributed by atoms with Gasteiger partial charge in [-0.3, -0.25) is 4.79 Å². The van der Waals surface area contributed by atoms with Gasteiger partial charge in [0.2, 0.25) is 0 Å². The lowest BCUT2D eigenvalue weighted by Crippen LogP contribution is -2.51. The Kier molecular flexibility index (Phi) is 4.77. The average Bonchev–Trinajstić information content (AvgIpc) is 3.05. The third kappa shape index (κ3) is 3.36. The molecule has 3 heterocycles. The molecule has 1 saturated heterocycles. The molecule has 2 aliphatic rings. The van der Waals surface area contributed by atoms with Crippen molar-refractivity contribution in [2.75, 3.05) is 18.4 Å². The lowest BCUT2D eigenvalue weighted by atomic mass is 9.96. The molecular weight excluding hydrogens is 380 g/mol. The van der Waals surface area contributed by atoms with Crippen molar-refractivity contribution >= 4 is 22.8 Å². The van der Waals surface area contributed by atoms with E-state index in [1.807, 2.05) is 41.9 Å². The zero-order valence-electron chi connectivity index (χ0n) is 17.1. The lowest BCUT2D eigenvalue weighted by Gasteiger charge is -2.38. The van der Waals surface area contributed by atoms with Crippen LogP contribution in [0.25, 0.3) is 11.0 Å². The summed E-state index contributed by atoms with van der Waals surface area (Å²) in [5, 5.41) is 8.15. The molecule has 0 radical (unpaired) electrons. The van der Waals surface area contributed by atoms with Crippen molar-refractivity contribution < 1.29 is 4.79 Å². The van der Waals surface area contributed by atoms with Gasteiger partial charge in [-0.15, -0.1) is 0 Å². The van der Waals surface area contributed by atoms with E-state index in [1.165, 1.54) is 19.3 Å². The van der Waals surface area contributed by atoms with E-state index in [0.717, 1.165) is 24.2 Å². The van der Waals surface area contributed by atoms with Crippen LogP contribution in [0.1, 0.15) is 55.6 Å². The molecule has 1 aliphatic heterocycles. The van der Waals surface area contributed by atoms with Crippen LogP contribution in [0, 0.1) is 6.92 Å². The second-order valence-corrected chi connectivity index (χ2v) is 8.37. The smallest absolute Gasteiger partial charge is 0.321 e. The first-order chi connectivity index (χ1) is 14.6. The van der Waals surface area contributed by atoms with Crippen molar-refractivity contribution in [3.63, 3.8) is 0 Å². The number of aromatic nitrogens is 4. The number of nitrogens with zero attached hydrogens (tertiary/aromatic N) is 4. The molecule has 2 fully saturated rings. The molecule has 1 aliphatic carbocycles. The minimum Gasteiger partial charge on any atom is -0.323 e. The summed E-state index contributed by atoms with van der Waals surface area (Å²) in [5.74, 6) is 0.673. The van der Waals surface area contributed by atoms with Gasteiger partial charge in [0.1, 0.15) is 11.2 Å². The fourth-order valence-electron chi connectivity index (χ4n) is 4.54. The first-order valence-electron chi connectivity index (χ1n) is 10.7. The van der Waals surface area contributed by atoms with E-state index in [4.69, 9.17) is 4.98 Å². The van der Waals surface area contributed by atoms with E-state index in [1.54, 1.807) is 4.90 Å². The number of nitrogens with one attached hydrogen (secondary N) is 2.